The standard InChI is InChI=1S/C18H26ClN5O/c19-18-22-16(20-9-12-5-7-13(10-25)8-6-12)15-17(23-18)24(11-21-15)14-3-1-2-4-14/h11-14,25H,1-10H2,(H,20,22,23). The van der Waals surface area contributed by atoms with Crippen molar-refractivity contribution in [3.63, 3.8) is 0 Å². The molecule has 0 saturated heterocycles. The number of anilines is 1. The Hall–Kier alpha value is -1.40. The average molecular weight is 364 g/mol. The Labute approximate surface area is 153 Å². The minimum absolute atomic E-state index is 0.277. The number of nitrogens with zero attached hydrogens (tertiary/aromatic N) is 4. The number of aromatic nitrogens is 4. The van der Waals surface area contributed by atoms with Crippen LogP contribution in [0.5, 0.6) is 0 Å². The third-order valence-electron chi connectivity index (χ3n) is 5.89. The molecule has 2 N–H and O–H groups in total. The van der Waals surface area contributed by atoms with Gasteiger partial charge in [0.05, 0.1) is 6.33 Å². The van der Waals surface area contributed by atoms with Gasteiger partial charge in [0.2, 0.25) is 5.28 Å². The third kappa shape index (κ3) is 3.60. The maximum Gasteiger partial charge on any atom is 0.226 e. The summed E-state index contributed by atoms with van der Waals surface area (Å²) in [5, 5.41) is 13.0. The molecule has 2 saturated carbocycles. The molecule has 2 heterocycles. The van der Waals surface area contributed by atoms with Gasteiger partial charge >= 0.3 is 0 Å². The zero-order chi connectivity index (χ0) is 17.2. The first-order valence-corrected chi connectivity index (χ1v) is 9.87. The van der Waals surface area contributed by atoms with Gasteiger partial charge in [-0.05, 0) is 62.0 Å². The lowest BCUT2D eigenvalue weighted by Gasteiger charge is -2.27. The highest BCUT2D eigenvalue weighted by Gasteiger charge is 2.23. The first kappa shape index (κ1) is 17.0. The smallest absolute Gasteiger partial charge is 0.226 e. The van der Waals surface area contributed by atoms with Crippen molar-refractivity contribution < 1.29 is 5.11 Å². The van der Waals surface area contributed by atoms with Crippen LogP contribution in [0.3, 0.4) is 0 Å². The second kappa shape index (κ2) is 7.46. The van der Waals surface area contributed by atoms with E-state index in [1.54, 1.807) is 0 Å². The average Bonchev–Trinajstić information content (AvgIpc) is 3.29. The number of hydrogen-bond donors (Lipinski definition) is 2. The predicted octanol–water partition coefficient (Wildman–Crippen LogP) is 3.81. The molecule has 4 rings (SSSR count). The highest BCUT2D eigenvalue weighted by molar-refractivity contribution is 6.28. The maximum absolute atomic E-state index is 9.27. The van der Waals surface area contributed by atoms with Crippen LogP contribution in [-0.4, -0.2) is 37.8 Å². The zero-order valence-corrected chi connectivity index (χ0v) is 15.3. The number of nitrogens with one attached hydrogen (secondary N) is 1. The van der Waals surface area contributed by atoms with Gasteiger partial charge in [-0.1, -0.05) is 12.8 Å². The van der Waals surface area contributed by atoms with Crippen molar-refractivity contribution in [1.82, 2.24) is 19.5 Å². The van der Waals surface area contributed by atoms with Gasteiger partial charge in [-0.15, -0.1) is 0 Å². The summed E-state index contributed by atoms with van der Waals surface area (Å²) in [6, 6.07) is 0.484. The molecule has 0 bridgehead atoms. The second-order valence-corrected chi connectivity index (χ2v) is 7.89. The molecule has 0 aliphatic heterocycles. The van der Waals surface area contributed by atoms with Crippen molar-refractivity contribution in [2.24, 2.45) is 11.8 Å². The molecule has 2 aromatic rings. The molecular formula is C18H26ClN5O. The van der Waals surface area contributed by atoms with E-state index < -0.39 is 0 Å². The molecule has 0 amide bonds. The molecule has 0 spiro atoms. The van der Waals surface area contributed by atoms with Crippen molar-refractivity contribution in [3.8, 4) is 0 Å². The number of aliphatic hydroxyl groups excluding tert-OH is 1. The van der Waals surface area contributed by atoms with Crippen LogP contribution in [0.25, 0.3) is 11.2 Å². The molecule has 0 atom stereocenters. The van der Waals surface area contributed by atoms with Crippen LogP contribution in [0.15, 0.2) is 6.33 Å². The van der Waals surface area contributed by atoms with Gasteiger partial charge in [0, 0.05) is 19.2 Å². The molecule has 2 aliphatic rings. The largest absolute Gasteiger partial charge is 0.396 e. The van der Waals surface area contributed by atoms with Gasteiger partial charge in [0.25, 0.3) is 0 Å². The van der Waals surface area contributed by atoms with Gasteiger partial charge in [-0.2, -0.15) is 9.97 Å². The quantitative estimate of drug-likeness (QED) is 0.790. The summed E-state index contributed by atoms with van der Waals surface area (Å²) in [5.41, 5.74) is 1.67. The summed E-state index contributed by atoms with van der Waals surface area (Å²) >= 11 is 6.19. The van der Waals surface area contributed by atoms with Crippen LogP contribution in [0, 0.1) is 11.8 Å². The zero-order valence-electron chi connectivity index (χ0n) is 14.5. The van der Waals surface area contributed by atoms with E-state index >= 15 is 0 Å². The summed E-state index contributed by atoms with van der Waals surface area (Å²) < 4.78 is 2.17. The molecule has 25 heavy (non-hydrogen) atoms. The van der Waals surface area contributed by atoms with Gasteiger partial charge in [0.15, 0.2) is 17.0 Å². The Morgan fingerprint density at radius 3 is 2.52 bits per heavy atom. The van der Waals surface area contributed by atoms with E-state index in [0.717, 1.165) is 49.2 Å². The van der Waals surface area contributed by atoms with Gasteiger partial charge in [-0.25, -0.2) is 4.98 Å². The second-order valence-electron chi connectivity index (χ2n) is 7.55. The number of hydrogen-bond acceptors (Lipinski definition) is 5. The van der Waals surface area contributed by atoms with Crippen LogP contribution in [0.4, 0.5) is 5.82 Å². The Kier molecular flexibility index (Phi) is 5.08. The lowest BCUT2D eigenvalue weighted by atomic mass is 9.82. The minimum Gasteiger partial charge on any atom is -0.396 e. The summed E-state index contributed by atoms with van der Waals surface area (Å²) in [5.74, 6) is 1.85. The first-order valence-electron chi connectivity index (χ1n) is 9.49. The Bertz CT molecular complexity index is 720. The Morgan fingerprint density at radius 1 is 1.08 bits per heavy atom. The Balaban J connectivity index is 1.49. The van der Waals surface area contributed by atoms with Crippen LogP contribution in [0.1, 0.15) is 57.4 Å². The van der Waals surface area contributed by atoms with E-state index in [4.69, 9.17) is 11.6 Å². The van der Waals surface area contributed by atoms with Crippen molar-refractivity contribution in [2.75, 3.05) is 18.5 Å². The minimum atomic E-state index is 0.277. The topological polar surface area (TPSA) is 75.9 Å². The van der Waals surface area contributed by atoms with Crippen molar-refractivity contribution in [3.05, 3.63) is 11.6 Å². The SMILES string of the molecule is OCC1CCC(CNc2nc(Cl)nc3c2ncn3C2CCCC2)CC1. The molecule has 0 unspecified atom stereocenters. The highest BCUT2D eigenvalue weighted by atomic mass is 35.5. The fourth-order valence-corrected chi connectivity index (χ4v) is 4.49. The molecule has 2 aliphatic carbocycles. The van der Waals surface area contributed by atoms with E-state index in [0.29, 0.717) is 24.5 Å². The number of imidazole rings is 1. The van der Waals surface area contributed by atoms with Crippen LogP contribution in [0.2, 0.25) is 5.28 Å². The lowest BCUT2D eigenvalue weighted by Crippen LogP contribution is -2.23. The fourth-order valence-electron chi connectivity index (χ4n) is 4.32. The molecule has 6 nitrogen and oxygen atoms in total. The third-order valence-corrected chi connectivity index (χ3v) is 6.06. The molecule has 7 heteroatoms. The van der Waals surface area contributed by atoms with Crippen molar-refractivity contribution >= 4 is 28.6 Å². The van der Waals surface area contributed by atoms with Crippen LogP contribution >= 0.6 is 11.6 Å². The van der Waals surface area contributed by atoms with Gasteiger partial charge in [0.1, 0.15) is 0 Å². The molecule has 2 fully saturated rings. The predicted molar refractivity (Wildman–Crippen MR) is 98.9 cm³/mol. The maximum atomic E-state index is 9.27. The van der Waals surface area contributed by atoms with Crippen LogP contribution < -0.4 is 5.32 Å². The highest BCUT2D eigenvalue weighted by Crippen LogP contribution is 2.33. The van der Waals surface area contributed by atoms with E-state index in [2.05, 4.69) is 24.8 Å². The molecule has 2 aromatic heterocycles. The van der Waals surface area contributed by atoms with E-state index in [9.17, 15) is 5.11 Å². The number of halogens is 1. The van der Waals surface area contributed by atoms with E-state index in [1.807, 2.05) is 6.33 Å². The monoisotopic (exact) mass is 363 g/mol. The summed E-state index contributed by atoms with van der Waals surface area (Å²) in [6.07, 6.45) is 11.3. The summed E-state index contributed by atoms with van der Waals surface area (Å²) in [6.45, 7) is 1.19. The number of fused-ring (bicyclic) bond motifs is 1. The number of rotatable bonds is 5. The molecule has 0 radical (unpaired) electrons. The van der Waals surface area contributed by atoms with Crippen molar-refractivity contribution in [2.45, 2.75) is 57.4 Å². The molecule has 0 aromatic carbocycles. The van der Waals surface area contributed by atoms with Gasteiger partial charge < -0.3 is 15.0 Å². The fraction of sp³-hybridized carbons (Fsp3) is 0.722. The van der Waals surface area contributed by atoms with Gasteiger partial charge in [-0.3, -0.25) is 0 Å². The van der Waals surface area contributed by atoms with Crippen LogP contribution in [-0.2, 0) is 0 Å². The first-order chi connectivity index (χ1) is 12.2. The normalized spacial score (nSPS) is 24.9. The van der Waals surface area contributed by atoms with E-state index in [1.165, 1.54) is 25.7 Å². The Morgan fingerprint density at radius 2 is 1.80 bits per heavy atom. The summed E-state index contributed by atoms with van der Waals surface area (Å²) in [4.78, 5) is 13.4. The number of aliphatic hydroxyl groups is 1. The van der Waals surface area contributed by atoms with Crippen molar-refractivity contribution in [1.29, 1.82) is 0 Å². The summed E-state index contributed by atoms with van der Waals surface area (Å²) in [7, 11) is 0. The molecular weight excluding hydrogens is 338 g/mol. The molecule has 136 valence electrons. The lowest BCUT2D eigenvalue weighted by molar-refractivity contribution is 0.170. The van der Waals surface area contributed by atoms with E-state index in [-0.39, 0.29) is 5.28 Å².